The minimum atomic E-state index is -3.21. The van der Waals surface area contributed by atoms with Gasteiger partial charge in [0.05, 0.1) is 17.9 Å². The predicted molar refractivity (Wildman–Crippen MR) is 138 cm³/mol. The smallest absolute Gasteiger partial charge is 0.407 e. The van der Waals surface area contributed by atoms with Gasteiger partial charge in [-0.1, -0.05) is 48.5 Å². The quantitative estimate of drug-likeness (QED) is 0.573. The van der Waals surface area contributed by atoms with Crippen molar-refractivity contribution < 1.29 is 32.3 Å². The van der Waals surface area contributed by atoms with Crippen LogP contribution in [0, 0.1) is 0 Å². The molecule has 1 aliphatic carbocycles. The summed E-state index contributed by atoms with van der Waals surface area (Å²) in [7, 11) is -3.21. The van der Waals surface area contributed by atoms with Crippen molar-refractivity contribution in [2.75, 3.05) is 31.2 Å². The molecule has 2 aliphatic rings. The molecule has 198 valence electrons. The van der Waals surface area contributed by atoms with Gasteiger partial charge in [0.15, 0.2) is 9.84 Å². The van der Waals surface area contributed by atoms with Crippen LogP contribution in [0.3, 0.4) is 0 Å². The van der Waals surface area contributed by atoms with Crippen molar-refractivity contribution in [3.8, 4) is 11.1 Å². The number of rotatable bonds is 6. The third-order valence-corrected chi connectivity index (χ3v) is 7.99. The van der Waals surface area contributed by atoms with Gasteiger partial charge in [-0.15, -0.1) is 0 Å². The molecule has 1 fully saturated rings. The van der Waals surface area contributed by atoms with Gasteiger partial charge >= 0.3 is 12.1 Å². The van der Waals surface area contributed by atoms with Crippen LogP contribution in [0.15, 0.2) is 48.5 Å². The third kappa shape index (κ3) is 6.49. The highest BCUT2D eigenvalue weighted by atomic mass is 32.2. The number of nitrogens with one attached hydrogen (secondary N) is 1. The van der Waals surface area contributed by atoms with Crippen molar-refractivity contribution in [3.05, 3.63) is 59.7 Å². The van der Waals surface area contributed by atoms with Crippen LogP contribution in [-0.2, 0) is 28.9 Å². The first kappa shape index (κ1) is 26.7. The van der Waals surface area contributed by atoms with Gasteiger partial charge in [-0.3, -0.25) is 9.59 Å². The Morgan fingerprint density at radius 1 is 0.973 bits per heavy atom. The molecule has 4 rings (SSSR count). The Morgan fingerprint density at radius 2 is 1.51 bits per heavy atom. The zero-order chi connectivity index (χ0) is 26.8. The molecule has 2 aromatic rings. The Bertz CT molecular complexity index is 1240. The number of sulfone groups is 1. The van der Waals surface area contributed by atoms with Crippen LogP contribution in [0.4, 0.5) is 4.79 Å². The van der Waals surface area contributed by atoms with Crippen molar-refractivity contribution in [2.45, 2.75) is 44.8 Å². The highest BCUT2D eigenvalue weighted by molar-refractivity contribution is 7.91. The Hall–Kier alpha value is -3.40. The third-order valence-electron chi connectivity index (χ3n) is 6.38. The molecule has 0 radical (unpaired) electrons. The van der Waals surface area contributed by atoms with E-state index in [1.54, 1.807) is 20.8 Å². The number of amides is 2. The van der Waals surface area contributed by atoms with E-state index in [1.165, 1.54) is 4.90 Å². The molecule has 1 saturated heterocycles. The second-order valence-corrected chi connectivity index (χ2v) is 12.6. The first-order chi connectivity index (χ1) is 17.4. The molecule has 0 unspecified atom stereocenters. The predicted octanol–water partition coefficient (Wildman–Crippen LogP) is 2.88. The summed E-state index contributed by atoms with van der Waals surface area (Å²) in [5.74, 6) is -1.69. The van der Waals surface area contributed by atoms with Gasteiger partial charge in [0.1, 0.15) is 18.2 Å². The van der Waals surface area contributed by atoms with Crippen LogP contribution in [0.25, 0.3) is 11.1 Å². The molecule has 0 saturated carbocycles. The van der Waals surface area contributed by atoms with E-state index in [0.717, 1.165) is 22.3 Å². The lowest BCUT2D eigenvalue weighted by atomic mass is 9.98. The monoisotopic (exact) mass is 528 g/mol. The fourth-order valence-corrected chi connectivity index (χ4v) is 5.89. The molecule has 0 spiro atoms. The Morgan fingerprint density at radius 3 is 2.05 bits per heavy atom. The van der Waals surface area contributed by atoms with Gasteiger partial charge in [-0.05, 0) is 43.0 Å². The molecule has 0 bridgehead atoms. The number of nitrogens with zero attached hydrogens (tertiary/aromatic N) is 1. The fourth-order valence-electron chi connectivity index (χ4n) is 4.69. The summed E-state index contributed by atoms with van der Waals surface area (Å²) >= 11 is 0. The van der Waals surface area contributed by atoms with Crippen molar-refractivity contribution in [3.63, 3.8) is 0 Å². The minimum Gasteiger partial charge on any atom is -0.460 e. The van der Waals surface area contributed by atoms with Gasteiger partial charge in [-0.25, -0.2) is 13.2 Å². The SMILES string of the molecule is CC(C)(C)OC(=O)C[C@H](NC(=O)OCC1c2ccccc2-c2ccccc21)C(=O)N1CCS(=O)(=O)CC1. The highest BCUT2D eigenvalue weighted by Crippen LogP contribution is 2.44. The molecular formula is C27H32N2O7S. The van der Waals surface area contributed by atoms with Gasteiger partial charge in [-0.2, -0.15) is 0 Å². The van der Waals surface area contributed by atoms with Crippen LogP contribution >= 0.6 is 0 Å². The molecule has 37 heavy (non-hydrogen) atoms. The number of carbonyl (C=O) groups is 3. The number of esters is 1. The van der Waals surface area contributed by atoms with Gasteiger partial charge in [0.2, 0.25) is 5.91 Å². The molecule has 10 heteroatoms. The van der Waals surface area contributed by atoms with E-state index in [2.05, 4.69) is 5.32 Å². The standard InChI is InChI=1S/C27H32N2O7S/c1-27(2,3)36-24(30)16-23(25(31)29-12-14-37(33,34)15-13-29)28-26(32)35-17-22-20-10-6-4-8-18(20)19-9-5-7-11-21(19)22/h4-11,22-23H,12-17H2,1-3H3,(H,28,32)/t23-/m0/s1. The zero-order valence-electron chi connectivity index (χ0n) is 21.2. The summed E-state index contributed by atoms with van der Waals surface area (Å²) in [6, 6.07) is 14.6. The average molecular weight is 529 g/mol. The molecule has 1 N–H and O–H groups in total. The fraction of sp³-hybridized carbons (Fsp3) is 0.444. The number of alkyl carbamates (subject to hydrolysis) is 1. The summed E-state index contributed by atoms with van der Waals surface area (Å²) in [5.41, 5.74) is 3.50. The van der Waals surface area contributed by atoms with E-state index < -0.39 is 45.9 Å². The lowest BCUT2D eigenvalue weighted by Crippen LogP contribution is -2.53. The number of carbonyl (C=O) groups excluding carboxylic acids is 3. The molecule has 1 aliphatic heterocycles. The highest BCUT2D eigenvalue weighted by Gasteiger charge is 2.34. The summed E-state index contributed by atoms with van der Waals surface area (Å²) in [6.45, 7) is 5.16. The molecule has 9 nitrogen and oxygen atoms in total. The van der Waals surface area contributed by atoms with Crippen LogP contribution in [0.5, 0.6) is 0 Å². The maximum Gasteiger partial charge on any atom is 0.407 e. The van der Waals surface area contributed by atoms with Crippen molar-refractivity contribution >= 4 is 27.8 Å². The maximum absolute atomic E-state index is 13.2. The lowest BCUT2D eigenvalue weighted by Gasteiger charge is -2.30. The molecule has 1 atom stereocenters. The average Bonchev–Trinajstić information content (AvgIpc) is 3.14. The van der Waals surface area contributed by atoms with E-state index in [0.29, 0.717) is 0 Å². The summed E-state index contributed by atoms with van der Waals surface area (Å²) in [4.78, 5) is 39.9. The number of hydrogen-bond donors (Lipinski definition) is 1. The number of fused-ring (bicyclic) bond motifs is 3. The molecular weight excluding hydrogens is 496 g/mol. The minimum absolute atomic E-state index is 0.00163. The Kier molecular flexibility index (Phi) is 7.59. The van der Waals surface area contributed by atoms with Gasteiger partial charge in [0.25, 0.3) is 0 Å². The van der Waals surface area contributed by atoms with Gasteiger partial charge in [0, 0.05) is 19.0 Å². The number of hydrogen-bond acceptors (Lipinski definition) is 7. The number of ether oxygens (including phenoxy) is 2. The van der Waals surface area contributed by atoms with Crippen molar-refractivity contribution in [2.24, 2.45) is 0 Å². The van der Waals surface area contributed by atoms with Crippen LogP contribution < -0.4 is 5.32 Å². The number of benzene rings is 2. The second kappa shape index (κ2) is 10.5. The lowest BCUT2D eigenvalue weighted by molar-refractivity contribution is -0.157. The largest absolute Gasteiger partial charge is 0.460 e. The van der Waals surface area contributed by atoms with Crippen LogP contribution in [0.1, 0.15) is 44.2 Å². The van der Waals surface area contributed by atoms with Crippen LogP contribution in [-0.4, -0.2) is 74.1 Å². The second-order valence-electron chi connectivity index (χ2n) is 10.3. The van der Waals surface area contributed by atoms with E-state index >= 15 is 0 Å². The normalized spacial score (nSPS) is 17.3. The van der Waals surface area contributed by atoms with E-state index in [4.69, 9.17) is 9.47 Å². The Labute approximate surface area is 217 Å². The van der Waals surface area contributed by atoms with Crippen LogP contribution in [0.2, 0.25) is 0 Å². The molecule has 2 aromatic carbocycles. The first-order valence-corrected chi connectivity index (χ1v) is 14.1. The molecule has 0 aromatic heterocycles. The van der Waals surface area contributed by atoms with Gasteiger partial charge < -0.3 is 19.7 Å². The van der Waals surface area contributed by atoms with E-state index in [9.17, 15) is 22.8 Å². The topological polar surface area (TPSA) is 119 Å². The molecule has 2 amide bonds. The molecule has 1 heterocycles. The first-order valence-electron chi connectivity index (χ1n) is 12.3. The van der Waals surface area contributed by atoms with E-state index in [1.807, 2.05) is 48.5 Å². The maximum atomic E-state index is 13.2. The van der Waals surface area contributed by atoms with Crippen molar-refractivity contribution in [1.82, 2.24) is 10.2 Å². The van der Waals surface area contributed by atoms with E-state index in [-0.39, 0.29) is 37.1 Å². The van der Waals surface area contributed by atoms with Crippen molar-refractivity contribution in [1.29, 1.82) is 0 Å². The summed E-state index contributed by atoms with van der Waals surface area (Å²) < 4.78 is 34.5. The summed E-state index contributed by atoms with van der Waals surface area (Å²) in [5, 5.41) is 2.52. The zero-order valence-corrected chi connectivity index (χ0v) is 22.0. The Balaban J connectivity index is 1.45. The summed E-state index contributed by atoms with van der Waals surface area (Å²) in [6.07, 6.45) is -1.24.